The normalized spacial score (nSPS) is 13.3. The number of pyridine rings is 1. The van der Waals surface area contributed by atoms with Gasteiger partial charge in [0.25, 0.3) is 5.91 Å². The second-order valence-corrected chi connectivity index (χ2v) is 3.65. The Kier molecular flexibility index (Phi) is 2.01. The minimum atomic E-state index is -0.535. The van der Waals surface area contributed by atoms with Crippen LogP contribution in [0.2, 0.25) is 0 Å². The molecule has 1 aliphatic rings. The van der Waals surface area contributed by atoms with E-state index < -0.39 is 5.91 Å². The summed E-state index contributed by atoms with van der Waals surface area (Å²) in [6.45, 7) is 0.492. The number of amides is 1. The van der Waals surface area contributed by atoms with E-state index in [9.17, 15) is 4.79 Å². The third kappa shape index (κ3) is 1.50. The number of rotatable bonds is 2. The van der Waals surface area contributed by atoms with Crippen molar-refractivity contribution >= 4 is 11.7 Å². The van der Waals surface area contributed by atoms with Gasteiger partial charge in [0.05, 0.1) is 12.2 Å². The Labute approximate surface area is 96.8 Å². The zero-order valence-electron chi connectivity index (χ0n) is 8.87. The van der Waals surface area contributed by atoms with E-state index in [1.165, 1.54) is 0 Å². The Morgan fingerprint density at radius 1 is 1.41 bits per heavy atom. The van der Waals surface area contributed by atoms with Crippen LogP contribution in [-0.4, -0.2) is 26.5 Å². The molecule has 6 heteroatoms. The minimum Gasteiger partial charge on any atom is -0.364 e. The SMILES string of the molecule is NC(=O)c1cc2n(n1)C(c1ccccn1)=NC2. The average Bonchev–Trinajstić information content (AvgIpc) is 2.89. The van der Waals surface area contributed by atoms with E-state index in [1.54, 1.807) is 16.9 Å². The molecule has 2 aromatic heterocycles. The van der Waals surface area contributed by atoms with Crippen LogP contribution in [0.5, 0.6) is 0 Å². The molecule has 0 fully saturated rings. The molecule has 0 spiro atoms. The Hall–Kier alpha value is -2.50. The number of hydrogen-bond acceptors (Lipinski definition) is 4. The molecule has 0 saturated carbocycles. The van der Waals surface area contributed by atoms with Crippen molar-refractivity contribution in [1.82, 2.24) is 14.8 Å². The predicted molar refractivity (Wildman–Crippen MR) is 60.6 cm³/mol. The molecule has 3 heterocycles. The number of carbonyl (C=O) groups is 1. The summed E-state index contributed by atoms with van der Waals surface area (Å²) < 4.78 is 1.61. The van der Waals surface area contributed by atoms with E-state index in [0.29, 0.717) is 12.4 Å². The van der Waals surface area contributed by atoms with Crippen LogP contribution in [0.15, 0.2) is 35.5 Å². The predicted octanol–water partition coefficient (Wildman–Crippen LogP) is 0.185. The summed E-state index contributed by atoms with van der Waals surface area (Å²) in [4.78, 5) is 19.6. The van der Waals surface area contributed by atoms with E-state index in [-0.39, 0.29) is 5.69 Å². The molecule has 0 aromatic carbocycles. The maximum Gasteiger partial charge on any atom is 0.269 e. The van der Waals surface area contributed by atoms with Gasteiger partial charge in [-0.05, 0) is 18.2 Å². The summed E-state index contributed by atoms with van der Waals surface area (Å²) in [5, 5.41) is 4.12. The van der Waals surface area contributed by atoms with Gasteiger partial charge >= 0.3 is 0 Å². The summed E-state index contributed by atoms with van der Waals surface area (Å²) in [5.74, 6) is 0.111. The van der Waals surface area contributed by atoms with Gasteiger partial charge in [0.1, 0.15) is 5.69 Å². The molecule has 0 unspecified atom stereocenters. The molecular formula is C11H9N5O. The highest BCUT2D eigenvalue weighted by atomic mass is 16.1. The highest BCUT2D eigenvalue weighted by Crippen LogP contribution is 2.15. The lowest BCUT2D eigenvalue weighted by Crippen LogP contribution is -2.17. The van der Waals surface area contributed by atoms with Crippen LogP contribution in [0.25, 0.3) is 0 Å². The number of hydrogen-bond donors (Lipinski definition) is 1. The Balaban J connectivity index is 2.06. The van der Waals surface area contributed by atoms with Gasteiger partial charge in [0.15, 0.2) is 11.5 Å². The molecule has 1 aliphatic heterocycles. The molecule has 3 rings (SSSR count). The Morgan fingerprint density at radius 2 is 2.29 bits per heavy atom. The van der Waals surface area contributed by atoms with Gasteiger partial charge in [-0.1, -0.05) is 6.07 Å². The maximum atomic E-state index is 11.0. The number of primary amides is 1. The van der Waals surface area contributed by atoms with Crippen LogP contribution < -0.4 is 5.73 Å². The number of aromatic nitrogens is 3. The second kappa shape index (κ2) is 3.51. The van der Waals surface area contributed by atoms with E-state index in [1.807, 2.05) is 18.2 Å². The fraction of sp³-hybridized carbons (Fsp3) is 0.0909. The third-order valence-corrected chi connectivity index (χ3v) is 2.52. The Bertz CT molecular complexity index is 614. The fourth-order valence-corrected chi connectivity index (χ4v) is 1.74. The molecule has 84 valence electrons. The lowest BCUT2D eigenvalue weighted by molar-refractivity contribution is 0.0995. The van der Waals surface area contributed by atoms with Crippen molar-refractivity contribution in [2.24, 2.45) is 10.7 Å². The molecule has 2 aromatic rings. The number of aliphatic imine (C=N–C) groups is 1. The smallest absolute Gasteiger partial charge is 0.269 e. The van der Waals surface area contributed by atoms with Gasteiger partial charge in [-0.15, -0.1) is 0 Å². The lowest BCUT2D eigenvalue weighted by Gasteiger charge is -2.01. The summed E-state index contributed by atoms with van der Waals surface area (Å²) >= 11 is 0. The summed E-state index contributed by atoms with van der Waals surface area (Å²) in [6.07, 6.45) is 1.69. The number of nitrogens with zero attached hydrogens (tertiary/aromatic N) is 4. The number of nitrogens with two attached hydrogens (primary N) is 1. The molecule has 0 aliphatic carbocycles. The zero-order chi connectivity index (χ0) is 11.8. The molecule has 17 heavy (non-hydrogen) atoms. The lowest BCUT2D eigenvalue weighted by atomic mass is 10.3. The molecule has 1 amide bonds. The average molecular weight is 227 g/mol. The first-order valence-corrected chi connectivity index (χ1v) is 5.10. The summed E-state index contributed by atoms with van der Waals surface area (Å²) in [6, 6.07) is 7.21. The first-order chi connectivity index (χ1) is 8.25. The monoisotopic (exact) mass is 227 g/mol. The van der Waals surface area contributed by atoms with Crippen LogP contribution >= 0.6 is 0 Å². The quantitative estimate of drug-likeness (QED) is 0.794. The van der Waals surface area contributed by atoms with Crippen LogP contribution in [0, 0.1) is 0 Å². The topological polar surface area (TPSA) is 86.2 Å². The minimum absolute atomic E-state index is 0.253. The van der Waals surface area contributed by atoms with Crippen molar-refractivity contribution in [3.05, 3.63) is 47.5 Å². The van der Waals surface area contributed by atoms with Gasteiger partial charge in [-0.25, -0.2) is 4.68 Å². The Morgan fingerprint density at radius 3 is 3.00 bits per heavy atom. The molecule has 6 nitrogen and oxygen atoms in total. The molecule has 2 N–H and O–H groups in total. The molecular weight excluding hydrogens is 218 g/mol. The van der Waals surface area contributed by atoms with Crippen LogP contribution in [0.1, 0.15) is 21.9 Å². The fourth-order valence-electron chi connectivity index (χ4n) is 1.74. The van der Waals surface area contributed by atoms with E-state index in [4.69, 9.17) is 5.73 Å². The first-order valence-electron chi connectivity index (χ1n) is 5.10. The van der Waals surface area contributed by atoms with Gasteiger partial charge < -0.3 is 5.73 Å². The maximum absolute atomic E-state index is 11.0. The highest BCUT2D eigenvalue weighted by molar-refractivity contribution is 6.01. The van der Waals surface area contributed by atoms with Gasteiger partial charge in [-0.2, -0.15) is 5.10 Å². The summed E-state index contributed by atoms with van der Waals surface area (Å²) in [7, 11) is 0. The van der Waals surface area contributed by atoms with E-state index in [2.05, 4.69) is 15.1 Å². The van der Waals surface area contributed by atoms with Crippen molar-refractivity contribution in [3.63, 3.8) is 0 Å². The van der Waals surface area contributed by atoms with Crippen molar-refractivity contribution in [1.29, 1.82) is 0 Å². The van der Waals surface area contributed by atoms with Gasteiger partial charge in [0, 0.05) is 6.20 Å². The molecule has 0 bridgehead atoms. The first kappa shape index (κ1) is 9.71. The van der Waals surface area contributed by atoms with Gasteiger partial charge in [0.2, 0.25) is 0 Å². The van der Waals surface area contributed by atoms with Crippen molar-refractivity contribution < 1.29 is 4.79 Å². The molecule has 0 saturated heterocycles. The van der Waals surface area contributed by atoms with E-state index in [0.717, 1.165) is 11.4 Å². The standard InChI is InChI=1S/C11H9N5O/c12-10(17)9-5-7-6-14-11(16(7)15-9)8-3-1-2-4-13-8/h1-5H,6H2,(H2,12,17). The van der Waals surface area contributed by atoms with Gasteiger partial charge in [-0.3, -0.25) is 14.8 Å². The third-order valence-electron chi connectivity index (χ3n) is 2.52. The van der Waals surface area contributed by atoms with Crippen molar-refractivity contribution in [3.8, 4) is 0 Å². The van der Waals surface area contributed by atoms with Crippen molar-refractivity contribution in [2.75, 3.05) is 0 Å². The number of carbonyl (C=O) groups excluding carboxylic acids is 1. The molecule has 0 atom stereocenters. The van der Waals surface area contributed by atoms with Crippen LogP contribution in [0.4, 0.5) is 0 Å². The molecule has 0 radical (unpaired) electrons. The van der Waals surface area contributed by atoms with Crippen molar-refractivity contribution in [2.45, 2.75) is 6.54 Å². The van der Waals surface area contributed by atoms with Crippen LogP contribution in [-0.2, 0) is 6.54 Å². The number of fused-ring (bicyclic) bond motifs is 1. The second-order valence-electron chi connectivity index (χ2n) is 3.65. The zero-order valence-corrected chi connectivity index (χ0v) is 8.87. The largest absolute Gasteiger partial charge is 0.364 e. The van der Waals surface area contributed by atoms with Crippen LogP contribution in [0.3, 0.4) is 0 Å². The highest BCUT2D eigenvalue weighted by Gasteiger charge is 2.21. The van der Waals surface area contributed by atoms with E-state index >= 15 is 0 Å². The summed E-state index contributed by atoms with van der Waals surface area (Å²) in [5.41, 5.74) is 7.02.